The second-order valence-electron chi connectivity index (χ2n) is 4.76. The van der Waals surface area contributed by atoms with Gasteiger partial charge in [-0.15, -0.1) is 0 Å². The van der Waals surface area contributed by atoms with Crippen LogP contribution in [0.4, 0.5) is 5.69 Å². The zero-order valence-electron chi connectivity index (χ0n) is 12.1. The number of hydrogen-bond acceptors (Lipinski definition) is 5. The Kier molecular flexibility index (Phi) is 4.19. The Labute approximate surface area is 123 Å². The highest BCUT2D eigenvalue weighted by atomic mass is 32.2. The highest BCUT2D eigenvalue weighted by Gasteiger charge is 2.16. The molecule has 0 bridgehead atoms. The van der Waals surface area contributed by atoms with Crippen molar-refractivity contribution in [2.24, 2.45) is 0 Å². The van der Waals surface area contributed by atoms with Crippen molar-refractivity contribution in [2.75, 3.05) is 12.8 Å². The highest BCUT2D eigenvalue weighted by molar-refractivity contribution is 7.89. The van der Waals surface area contributed by atoms with E-state index in [4.69, 9.17) is 10.5 Å². The van der Waals surface area contributed by atoms with E-state index >= 15 is 0 Å². The van der Waals surface area contributed by atoms with Gasteiger partial charge in [0.25, 0.3) is 0 Å². The fourth-order valence-corrected chi connectivity index (χ4v) is 2.57. The molecular weight excluding hydrogens is 292 g/mol. The fraction of sp³-hybridized carbons (Fsp3) is 0.308. The average molecular weight is 310 g/mol. The van der Waals surface area contributed by atoms with Crippen LogP contribution in [0.2, 0.25) is 0 Å². The number of ether oxygens (including phenoxy) is 1. The first-order chi connectivity index (χ1) is 9.83. The van der Waals surface area contributed by atoms with E-state index in [1.807, 2.05) is 13.8 Å². The number of nitrogens with zero attached hydrogens (tertiary/aromatic N) is 2. The molecule has 21 heavy (non-hydrogen) atoms. The van der Waals surface area contributed by atoms with Gasteiger partial charge >= 0.3 is 0 Å². The van der Waals surface area contributed by atoms with Crippen LogP contribution in [0.5, 0.6) is 11.5 Å². The van der Waals surface area contributed by atoms with Crippen molar-refractivity contribution in [3.05, 3.63) is 30.6 Å². The molecule has 0 saturated heterocycles. The van der Waals surface area contributed by atoms with E-state index in [-0.39, 0.29) is 16.6 Å². The molecule has 0 radical (unpaired) electrons. The number of benzene rings is 1. The van der Waals surface area contributed by atoms with Crippen molar-refractivity contribution in [2.45, 2.75) is 24.8 Å². The minimum Gasteiger partial charge on any atom is -0.454 e. The molecule has 7 nitrogen and oxygen atoms in total. The van der Waals surface area contributed by atoms with Gasteiger partial charge in [0.15, 0.2) is 5.75 Å². The molecular formula is C13H18N4O3S. The van der Waals surface area contributed by atoms with E-state index in [0.29, 0.717) is 11.5 Å². The third-order valence-corrected chi connectivity index (χ3v) is 4.37. The number of aromatic nitrogens is 2. The summed E-state index contributed by atoms with van der Waals surface area (Å²) in [7, 11) is -2.24. The second-order valence-corrected chi connectivity index (χ2v) is 6.61. The number of sulfonamides is 1. The van der Waals surface area contributed by atoms with Crippen LogP contribution >= 0.6 is 0 Å². The number of nitrogen functional groups attached to an aromatic ring is 1. The molecule has 3 N–H and O–H groups in total. The molecule has 114 valence electrons. The van der Waals surface area contributed by atoms with E-state index in [1.165, 1.54) is 19.2 Å². The lowest BCUT2D eigenvalue weighted by Crippen LogP contribution is -2.19. The Morgan fingerprint density at radius 2 is 2.05 bits per heavy atom. The van der Waals surface area contributed by atoms with Gasteiger partial charge in [0.05, 0.1) is 18.1 Å². The lowest BCUT2D eigenvalue weighted by molar-refractivity contribution is 0.477. The normalized spacial score (nSPS) is 11.8. The summed E-state index contributed by atoms with van der Waals surface area (Å²) in [5.41, 5.74) is 5.89. The van der Waals surface area contributed by atoms with Crippen LogP contribution in [-0.4, -0.2) is 25.2 Å². The number of rotatable bonds is 5. The van der Waals surface area contributed by atoms with Crippen molar-refractivity contribution in [1.82, 2.24) is 14.5 Å². The summed E-state index contributed by atoms with van der Waals surface area (Å²) in [4.78, 5) is 0.0234. The van der Waals surface area contributed by atoms with E-state index in [9.17, 15) is 8.42 Å². The van der Waals surface area contributed by atoms with Crippen molar-refractivity contribution in [3.63, 3.8) is 0 Å². The Bertz CT molecular complexity index is 738. The van der Waals surface area contributed by atoms with Gasteiger partial charge in [0.1, 0.15) is 10.6 Å². The molecule has 2 aromatic rings. The van der Waals surface area contributed by atoms with E-state index < -0.39 is 10.0 Å². The number of nitrogens with two attached hydrogens (primary N) is 1. The summed E-state index contributed by atoms with van der Waals surface area (Å²) in [5.74, 6) is 1.01. The molecule has 2 rings (SSSR count). The lowest BCUT2D eigenvalue weighted by Gasteiger charge is -2.09. The van der Waals surface area contributed by atoms with E-state index in [2.05, 4.69) is 9.82 Å². The summed E-state index contributed by atoms with van der Waals surface area (Å²) in [6, 6.07) is 4.66. The van der Waals surface area contributed by atoms with Crippen LogP contribution in [0.25, 0.3) is 0 Å². The first-order valence-electron chi connectivity index (χ1n) is 6.38. The third-order valence-electron chi connectivity index (χ3n) is 2.88. The highest BCUT2D eigenvalue weighted by Crippen LogP contribution is 2.27. The fourth-order valence-electron chi connectivity index (χ4n) is 1.74. The van der Waals surface area contributed by atoms with Gasteiger partial charge in [0.2, 0.25) is 10.0 Å². The van der Waals surface area contributed by atoms with Crippen LogP contribution in [0.15, 0.2) is 35.5 Å². The number of anilines is 1. The van der Waals surface area contributed by atoms with E-state index in [0.717, 1.165) is 0 Å². The molecule has 8 heteroatoms. The summed E-state index contributed by atoms with van der Waals surface area (Å²) < 4.78 is 33.0. The molecule has 0 fully saturated rings. The maximum atomic E-state index is 11.7. The minimum atomic E-state index is -3.57. The Balaban J connectivity index is 2.24. The van der Waals surface area contributed by atoms with Crippen molar-refractivity contribution in [1.29, 1.82) is 0 Å². The quantitative estimate of drug-likeness (QED) is 0.820. The Hall–Kier alpha value is -2.06. The molecule has 1 heterocycles. The Morgan fingerprint density at radius 3 is 2.57 bits per heavy atom. The maximum absolute atomic E-state index is 11.7. The number of nitrogens with one attached hydrogen (secondary N) is 1. The predicted octanol–water partition coefficient (Wildman–Crippen LogP) is 1.75. The van der Waals surface area contributed by atoms with Crippen molar-refractivity contribution in [3.8, 4) is 11.5 Å². The largest absolute Gasteiger partial charge is 0.454 e. The van der Waals surface area contributed by atoms with Gasteiger partial charge in [-0.2, -0.15) is 5.10 Å². The average Bonchev–Trinajstić information content (AvgIpc) is 2.87. The standard InChI is InChI=1S/C13H18N4O3S/c1-9(2)17-8-11(7-16-17)20-10-4-5-13(12(14)6-10)21(18,19)15-3/h4-9,15H,14H2,1-3H3. The Morgan fingerprint density at radius 1 is 1.33 bits per heavy atom. The van der Waals surface area contributed by atoms with Crippen molar-refractivity contribution < 1.29 is 13.2 Å². The SMILES string of the molecule is CNS(=O)(=O)c1ccc(Oc2cnn(C(C)C)c2)cc1N. The molecule has 0 atom stereocenters. The first kappa shape index (κ1) is 15.3. The summed E-state index contributed by atoms with van der Waals surface area (Å²) in [6.45, 7) is 4.01. The third kappa shape index (κ3) is 3.34. The molecule has 0 saturated carbocycles. The molecule has 1 aromatic carbocycles. The molecule has 0 aliphatic heterocycles. The number of hydrogen-bond donors (Lipinski definition) is 2. The van der Waals surface area contributed by atoms with Gasteiger partial charge < -0.3 is 10.5 Å². The van der Waals surface area contributed by atoms with Crippen LogP contribution in [0.3, 0.4) is 0 Å². The predicted molar refractivity (Wildman–Crippen MR) is 79.8 cm³/mol. The summed E-state index contributed by atoms with van der Waals surface area (Å²) >= 11 is 0. The van der Waals surface area contributed by atoms with Gasteiger partial charge in [-0.3, -0.25) is 4.68 Å². The topological polar surface area (TPSA) is 99.2 Å². The van der Waals surface area contributed by atoms with Gasteiger partial charge in [0, 0.05) is 12.1 Å². The van der Waals surface area contributed by atoms with Gasteiger partial charge in [-0.25, -0.2) is 13.1 Å². The van der Waals surface area contributed by atoms with Crippen molar-refractivity contribution >= 4 is 15.7 Å². The van der Waals surface area contributed by atoms with Crippen LogP contribution in [0.1, 0.15) is 19.9 Å². The second kappa shape index (κ2) is 5.74. The molecule has 0 spiro atoms. The summed E-state index contributed by atoms with van der Waals surface area (Å²) in [6.07, 6.45) is 3.35. The van der Waals surface area contributed by atoms with Gasteiger partial charge in [-0.05, 0) is 33.0 Å². The monoisotopic (exact) mass is 310 g/mol. The smallest absolute Gasteiger partial charge is 0.242 e. The molecule has 0 unspecified atom stereocenters. The molecule has 0 aliphatic rings. The first-order valence-corrected chi connectivity index (χ1v) is 7.87. The molecule has 1 aromatic heterocycles. The van der Waals surface area contributed by atoms with Crippen LogP contribution in [0, 0.1) is 0 Å². The zero-order valence-corrected chi connectivity index (χ0v) is 12.9. The van der Waals surface area contributed by atoms with E-state index in [1.54, 1.807) is 23.1 Å². The van der Waals surface area contributed by atoms with Crippen LogP contribution in [-0.2, 0) is 10.0 Å². The zero-order chi connectivity index (χ0) is 15.6. The minimum absolute atomic E-state index is 0.0234. The maximum Gasteiger partial charge on any atom is 0.242 e. The van der Waals surface area contributed by atoms with Gasteiger partial charge in [-0.1, -0.05) is 0 Å². The molecule has 0 aliphatic carbocycles. The lowest BCUT2D eigenvalue weighted by atomic mass is 10.3. The molecule has 0 amide bonds. The summed E-state index contributed by atoms with van der Waals surface area (Å²) in [5, 5.41) is 4.16. The van der Waals surface area contributed by atoms with Crippen LogP contribution < -0.4 is 15.2 Å².